The Kier molecular flexibility index (Phi) is 3.81. The number of nitrogens with two attached hydrogens (primary N) is 1. The lowest BCUT2D eigenvalue weighted by atomic mass is 9.90. The number of likely N-dealkylation sites (tertiary alicyclic amines) is 1. The van der Waals surface area contributed by atoms with Gasteiger partial charge in [0.05, 0.1) is 5.56 Å². The van der Waals surface area contributed by atoms with Gasteiger partial charge in [-0.1, -0.05) is 6.92 Å². The summed E-state index contributed by atoms with van der Waals surface area (Å²) in [6.45, 7) is 3.35. The number of aromatic nitrogens is 1. The van der Waals surface area contributed by atoms with Crippen molar-refractivity contribution in [3.8, 4) is 0 Å². The van der Waals surface area contributed by atoms with Crippen LogP contribution in [-0.4, -0.2) is 34.9 Å². The van der Waals surface area contributed by atoms with Crippen molar-refractivity contribution in [2.24, 2.45) is 11.7 Å². The molecule has 1 saturated heterocycles. The smallest absolute Gasteiger partial charge is 0.255 e. The van der Waals surface area contributed by atoms with Crippen LogP contribution in [0.4, 0.5) is 0 Å². The van der Waals surface area contributed by atoms with E-state index in [4.69, 9.17) is 5.73 Å². The highest BCUT2D eigenvalue weighted by Gasteiger charge is 2.31. The highest BCUT2D eigenvalue weighted by Crippen LogP contribution is 2.23. The van der Waals surface area contributed by atoms with Crippen LogP contribution in [-0.2, 0) is 0 Å². The molecule has 0 bridgehead atoms. The second-order valence-electron chi connectivity index (χ2n) is 4.86. The lowest BCUT2D eigenvalue weighted by Crippen LogP contribution is -2.51. The Morgan fingerprint density at radius 3 is 2.94 bits per heavy atom. The first kappa shape index (κ1) is 12.8. The van der Waals surface area contributed by atoms with Gasteiger partial charge in [-0.2, -0.15) is 0 Å². The Hall–Kier alpha value is -1.62. The lowest BCUT2D eigenvalue weighted by Gasteiger charge is -2.39. The number of nitrogens with one attached hydrogen (secondary N) is 1. The first-order valence-corrected chi connectivity index (χ1v) is 6.33. The SMILES string of the molecule is C[C@@H]1CCCN(C(=O)c2ccc(=O)[nH]c2)[C@@H]1CN. The number of hydrogen-bond acceptors (Lipinski definition) is 3. The molecule has 2 heterocycles. The van der Waals surface area contributed by atoms with E-state index < -0.39 is 0 Å². The average molecular weight is 249 g/mol. The van der Waals surface area contributed by atoms with Crippen molar-refractivity contribution >= 4 is 5.91 Å². The molecule has 3 N–H and O–H groups in total. The number of pyridine rings is 1. The van der Waals surface area contributed by atoms with Crippen molar-refractivity contribution in [2.75, 3.05) is 13.1 Å². The van der Waals surface area contributed by atoms with Gasteiger partial charge >= 0.3 is 0 Å². The summed E-state index contributed by atoms with van der Waals surface area (Å²) >= 11 is 0. The van der Waals surface area contributed by atoms with Gasteiger partial charge in [-0.05, 0) is 24.8 Å². The average Bonchev–Trinajstić information content (AvgIpc) is 2.38. The Morgan fingerprint density at radius 2 is 2.33 bits per heavy atom. The predicted octanol–water partition coefficient (Wildman–Crippen LogP) is 0.574. The molecule has 5 heteroatoms. The van der Waals surface area contributed by atoms with Crippen LogP contribution in [0.15, 0.2) is 23.1 Å². The Bertz CT molecular complexity index is 463. The monoisotopic (exact) mass is 249 g/mol. The number of hydrogen-bond donors (Lipinski definition) is 2. The lowest BCUT2D eigenvalue weighted by molar-refractivity contribution is 0.0532. The zero-order chi connectivity index (χ0) is 13.1. The molecule has 98 valence electrons. The minimum absolute atomic E-state index is 0.0479. The van der Waals surface area contributed by atoms with Crippen LogP contribution in [0.3, 0.4) is 0 Å². The fraction of sp³-hybridized carbons (Fsp3) is 0.538. The fourth-order valence-electron chi connectivity index (χ4n) is 2.57. The molecule has 0 aromatic carbocycles. The van der Waals surface area contributed by atoms with Crippen LogP contribution in [0.25, 0.3) is 0 Å². The maximum Gasteiger partial charge on any atom is 0.255 e. The molecule has 1 aromatic rings. The molecule has 1 aliphatic heterocycles. The van der Waals surface area contributed by atoms with E-state index in [1.54, 1.807) is 6.07 Å². The normalized spacial score (nSPS) is 24.0. The quantitative estimate of drug-likeness (QED) is 0.804. The van der Waals surface area contributed by atoms with E-state index >= 15 is 0 Å². The summed E-state index contributed by atoms with van der Waals surface area (Å²) in [7, 11) is 0. The molecule has 1 aliphatic rings. The second kappa shape index (κ2) is 5.35. The molecule has 1 aromatic heterocycles. The topological polar surface area (TPSA) is 79.2 Å². The van der Waals surface area contributed by atoms with Gasteiger partial charge in [0.2, 0.25) is 5.56 Å². The minimum atomic E-state index is -0.200. The van der Waals surface area contributed by atoms with Gasteiger partial charge in [0.1, 0.15) is 0 Å². The molecule has 18 heavy (non-hydrogen) atoms. The number of amides is 1. The summed E-state index contributed by atoms with van der Waals surface area (Å²) in [4.78, 5) is 27.7. The zero-order valence-corrected chi connectivity index (χ0v) is 10.6. The van der Waals surface area contributed by atoms with Crippen molar-refractivity contribution < 1.29 is 4.79 Å². The largest absolute Gasteiger partial charge is 0.334 e. The molecule has 2 atom stereocenters. The van der Waals surface area contributed by atoms with Crippen LogP contribution in [0.2, 0.25) is 0 Å². The van der Waals surface area contributed by atoms with E-state index in [0.717, 1.165) is 19.4 Å². The summed E-state index contributed by atoms with van der Waals surface area (Å²) < 4.78 is 0. The number of aromatic amines is 1. The van der Waals surface area contributed by atoms with Crippen LogP contribution in [0, 0.1) is 5.92 Å². The Morgan fingerprint density at radius 1 is 1.56 bits per heavy atom. The molecule has 1 amide bonds. The summed E-state index contributed by atoms with van der Waals surface area (Å²) in [5, 5.41) is 0. The van der Waals surface area contributed by atoms with Crippen molar-refractivity contribution in [3.63, 3.8) is 0 Å². The summed E-state index contributed by atoms with van der Waals surface area (Å²) in [6.07, 6.45) is 3.58. The summed E-state index contributed by atoms with van der Waals surface area (Å²) in [5.41, 5.74) is 6.09. The highest BCUT2D eigenvalue weighted by molar-refractivity contribution is 5.94. The van der Waals surface area contributed by atoms with Gasteiger partial charge in [0.25, 0.3) is 5.91 Å². The Balaban J connectivity index is 2.21. The molecule has 1 fully saturated rings. The predicted molar refractivity (Wildman–Crippen MR) is 69.3 cm³/mol. The van der Waals surface area contributed by atoms with E-state index in [-0.39, 0.29) is 17.5 Å². The third kappa shape index (κ3) is 2.46. The van der Waals surface area contributed by atoms with Gasteiger partial charge in [-0.15, -0.1) is 0 Å². The number of H-pyrrole nitrogens is 1. The number of carbonyl (C=O) groups excluding carboxylic acids is 1. The first-order valence-electron chi connectivity index (χ1n) is 6.33. The van der Waals surface area contributed by atoms with E-state index in [1.807, 2.05) is 4.90 Å². The molecule has 2 rings (SSSR count). The van der Waals surface area contributed by atoms with Gasteiger partial charge in [-0.3, -0.25) is 9.59 Å². The minimum Gasteiger partial charge on any atom is -0.334 e. The van der Waals surface area contributed by atoms with Crippen molar-refractivity contribution in [3.05, 3.63) is 34.2 Å². The van der Waals surface area contributed by atoms with Gasteiger partial charge in [0, 0.05) is 31.4 Å². The van der Waals surface area contributed by atoms with Gasteiger partial charge in [-0.25, -0.2) is 0 Å². The molecular formula is C13H19N3O2. The number of carbonyl (C=O) groups is 1. The highest BCUT2D eigenvalue weighted by atomic mass is 16.2. The molecule has 0 unspecified atom stereocenters. The maximum atomic E-state index is 12.4. The molecular weight excluding hydrogens is 230 g/mol. The number of rotatable bonds is 2. The van der Waals surface area contributed by atoms with Crippen molar-refractivity contribution in [2.45, 2.75) is 25.8 Å². The fourth-order valence-corrected chi connectivity index (χ4v) is 2.57. The summed E-state index contributed by atoms with van der Waals surface area (Å²) in [5.74, 6) is 0.378. The van der Waals surface area contributed by atoms with Crippen molar-refractivity contribution in [1.82, 2.24) is 9.88 Å². The third-order valence-electron chi connectivity index (χ3n) is 3.65. The van der Waals surface area contributed by atoms with Crippen LogP contribution in [0.1, 0.15) is 30.1 Å². The van der Waals surface area contributed by atoms with E-state index in [1.165, 1.54) is 12.3 Å². The molecule has 0 spiro atoms. The van der Waals surface area contributed by atoms with E-state index in [2.05, 4.69) is 11.9 Å². The number of piperidine rings is 1. The Labute approximate surface area is 106 Å². The zero-order valence-electron chi connectivity index (χ0n) is 10.6. The van der Waals surface area contributed by atoms with Crippen LogP contribution < -0.4 is 11.3 Å². The van der Waals surface area contributed by atoms with Crippen LogP contribution in [0.5, 0.6) is 0 Å². The van der Waals surface area contributed by atoms with E-state index in [0.29, 0.717) is 18.0 Å². The maximum absolute atomic E-state index is 12.4. The molecule has 0 saturated carbocycles. The molecule has 5 nitrogen and oxygen atoms in total. The van der Waals surface area contributed by atoms with Gasteiger partial charge < -0.3 is 15.6 Å². The second-order valence-corrected chi connectivity index (χ2v) is 4.86. The molecule has 0 aliphatic carbocycles. The van der Waals surface area contributed by atoms with Crippen LogP contribution >= 0.6 is 0 Å². The third-order valence-corrected chi connectivity index (χ3v) is 3.65. The number of nitrogens with zero attached hydrogens (tertiary/aromatic N) is 1. The van der Waals surface area contributed by atoms with Gasteiger partial charge in [0.15, 0.2) is 0 Å². The molecule has 0 radical (unpaired) electrons. The van der Waals surface area contributed by atoms with E-state index in [9.17, 15) is 9.59 Å². The standard InChI is InChI=1S/C13H19N3O2/c1-9-3-2-6-16(11(9)7-14)13(18)10-4-5-12(17)15-8-10/h4-5,8-9,11H,2-3,6-7,14H2,1H3,(H,15,17)/t9-,11-/m1/s1. The summed E-state index contributed by atoms with van der Waals surface area (Å²) in [6, 6.07) is 3.03. The van der Waals surface area contributed by atoms with Crippen molar-refractivity contribution in [1.29, 1.82) is 0 Å². The first-order chi connectivity index (χ1) is 8.63.